The minimum Gasteiger partial charge on any atom is -0.456 e. The zero-order chi connectivity index (χ0) is 37.9. The first kappa shape index (κ1) is 19.4. The summed E-state index contributed by atoms with van der Waals surface area (Å²) in [6, 6.07) is 36.3. The Morgan fingerprint density at radius 3 is 1.70 bits per heavy atom. The molecule has 1 nitrogen and oxygen atoms in total. The molecule has 0 radical (unpaired) electrons. The van der Waals surface area contributed by atoms with E-state index in [1.807, 2.05) is 109 Å². The number of rotatable bonds is 3. The van der Waals surface area contributed by atoms with Gasteiger partial charge in [-0.1, -0.05) is 145 Å². The topological polar surface area (TPSA) is 13.1 Å². The Kier molecular flexibility index (Phi) is 4.19. The quantitative estimate of drug-likeness (QED) is 0.183. The normalized spacial score (nSPS) is 14.2. The van der Waals surface area contributed by atoms with Gasteiger partial charge in [0.05, 0.1) is 11.0 Å². The molecule has 1 heterocycles. The molecule has 0 aliphatic carbocycles. The first-order valence-electron chi connectivity index (χ1n) is 19.5. The number of furan rings is 1. The van der Waals surface area contributed by atoms with Gasteiger partial charge in [0.15, 0.2) is 0 Å². The minimum atomic E-state index is -0.430. The van der Waals surface area contributed by atoms with Gasteiger partial charge in [-0.05, 0) is 101 Å². The molecule has 10 aromatic rings. The molecule has 0 fully saturated rings. The summed E-state index contributed by atoms with van der Waals surface area (Å²) >= 11 is 0. The van der Waals surface area contributed by atoms with Gasteiger partial charge in [0.1, 0.15) is 11.2 Å². The van der Waals surface area contributed by atoms with Crippen molar-refractivity contribution in [3.05, 3.63) is 170 Å². The monoisotopic (exact) mass is 604 g/mol. The van der Waals surface area contributed by atoms with E-state index in [9.17, 15) is 5.48 Å². The second-order valence-electron chi connectivity index (χ2n) is 11.8. The lowest BCUT2D eigenvalue weighted by Crippen LogP contribution is -1.91. The molecule has 0 unspecified atom stereocenters. The van der Waals surface area contributed by atoms with Crippen LogP contribution in [-0.2, 0) is 0 Å². The Hall–Kier alpha value is -6.18. The molecule has 0 aliphatic heterocycles. The summed E-state index contributed by atoms with van der Waals surface area (Å²) < 4.78 is 79.0. The number of hydrogen-bond donors (Lipinski definition) is 0. The molecule has 0 spiro atoms. The Balaban J connectivity index is 1.37. The summed E-state index contributed by atoms with van der Waals surface area (Å²) in [6.45, 7) is 0. The third-order valence-corrected chi connectivity index (χ3v) is 9.26. The zero-order valence-electron chi connectivity index (χ0n) is 33.0. The molecule has 1 heteroatoms. The zero-order valence-corrected chi connectivity index (χ0v) is 25.0. The molecule has 0 saturated carbocycles. The van der Waals surface area contributed by atoms with E-state index in [1.165, 1.54) is 0 Å². The van der Waals surface area contributed by atoms with Gasteiger partial charge in [0, 0.05) is 10.8 Å². The Morgan fingerprint density at radius 2 is 0.957 bits per heavy atom. The van der Waals surface area contributed by atoms with Crippen LogP contribution >= 0.6 is 0 Å². The molecule has 0 saturated heterocycles. The van der Waals surface area contributed by atoms with Crippen molar-refractivity contribution in [2.75, 3.05) is 0 Å². The van der Waals surface area contributed by atoms with Crippen molar-refractivity contribution in [1.82, 2.24) is 0 Å². The van der Waals surface area contributed by atoms with Crippen LogP contribution < -0.4 is 0 Å². The average Bonchev–Trinajstić information content (AvgIpc) is 3.62. The van der Waals surface area contributed by atoms with E-state index in [0.717, 1.165) is 49.0 Å². The van der Waals surface area contributed by atoms with E-state index in [2.05, 4.69) is 12.1 Å². The van der Waals surface area contributed by atoms with Gasteiger partial charge in [0.25, 0.3) is 0 Å². The highest BCUT2D eigenvalue weighted by atomic mass is 16.3. The second kappa shape index (κ2) is 10.2. The molecule has 9 aromatic carbocycles. The Labute approximate surface area is 283 Å². The molecule has 1 aromatic heterocycles. The first-order valence-corrected chi connectivity index (χ1v) is 15.5. The molecule has 47 heavy (non-hydrogen) atoms. The summed E-state index contributed by atoms with van der Waals surface area (Å²) in [5, 5.41) is 6.62. The van der Waals surface area contributed by atoms with Gasteiger partial charge in [-0.15, -0.1) is 0 Å². The number of benzene rings is 9. The van der Waals surface area contributed by atoms with E-state index in [0.29, 0.717) is 27.8 Å². The average molecular weight is 605 g/mol. The minimum absolute atomic E-state index is 0.182. The summed E-state index contributed by atoms with van der Waals surface area (Å²) in [5.74, 6) is 0. The molecule has 0 N–H and O–H groups in total. The summed E-state index contributed by atoms with van der Waals surface area (Å²) in [7, 11) is 0. The largest absolute Gasteiger partial charge is 0.456 e. The molecular weight excluding hydrogens is 569 g/mol. The fourth-order valence-corrected chi connectivity index (χ4v) is 7.22. The van der Waals surface area contributed by atoms with Crippen LogP contribution in [0.15, 0.2) is 174 Å². The van der Waals surface area contributed by atoms with Gasteiger partial charge in [-0.2, -0.15) is 0 Å². The lowest BCUT2D eigenvalue weighted by molar-refractivity contribution is 0.669. The fraction of sp³-hybridized carbons (Fsp3) is 0. The Bertz CT molecular complexity index is 3230. The summed E-state index contributed by atoms with van der Waals surface area (Å²) in [6.07, 6.45) is 0. The van der Waals surface area contributed by atoms with E-state index in [-0.39, 0.29) is 45.7 Å². The van der Waals surface area contributed by atoms with E-state index in [1.54, 1.807) is 0 Å². The highest BCUT2D eigenvalue weighted by Gasteiger charge is 2.19. The van der Waals surface area contributed by atoms with Gasteiger partial charge in [-0.25, -0.2) is 0 Å². The molecular formula is C46H28O. The van der Waals surface area contributed by atoms with E-state index in [4.69, 9.17) is 9.90 Å². The fourth-order valence-electron chi connectivity index (χ4n) is 7.22. The number of fused-ring (bicyclic) bond motifs is 8. The van der Waals surface area contributed by atoms with Crippen LogP contribution in [-0.4, -0.2) is 0 Å². The maximum atomic E-state index is 9.38. The van der Waals surface area contributed by atoms with E-state index < -0.39 is 24.2 Å². The summed E-state index contributed by atoms with van der Waals surface area (Å²) in [4.78, 5) is 0. The van der Waals surface area contributed by atoms with Crippen LogP contribution in [0.4, 0.5) is 0 Å². The van der Waals surface area contributed by atoms with Gasteiger partial charge < -0.3 is 4.42 Å². The smallest absolute Gasteiger partial charge is 0.136 e. The van der Waals surface area contributed by atoms with Crippen molar-refractivity contribution in [1.29, 1.82) is 0 Å². The lowest BCUT2D eigenvalue weighted by Gasteiger charge is -2.18. The van der Waals surface area contributed by atoms with Crippen molar-refractivity contribution < 1.29 is 15.4 Å². The van der Waals surface area contributed by atoms with Gasteiger partial charge in [-0.3, -0.25) is 0 Å². The highest BCUT2D eigenvalue weighted by Crippen LogP contribution is 2.46. The summed E-state index contributed by atoms with van der Waals surface area (Å²) in [5.41, 5.74) is 4.93. The Morgan fingerprint density at radius 1 is 0.383 bits per heavy atom. The van der Waals surface area contributed by atoms with Crippen molar-refractivity contribution in [3.63, 3.8) is 0 Å². The van der Waals surface area contributed by atoms with Crippen LogP contribution in [0.2, 0.25) is 0 Å². The molecule has 0 aliphatic rings. The van der Waals surface area contributed by atoms with E-state index >= 15 is 0 Å². The lowest BCUT2D eigenvalue weighted by atomic mass is 9.85. The maximum Gasteiger partial charge on any atom is 0.136 e. The van der Waals surface area contributed by atoms with Gasteiger partial charge >= 0.3 is 0 Å². The third-order valence-electron chi connectivity index (χ3n) is 9.26. The first-order chi connectivity index (χ1) is 26.6. The second-order valence-corrected chi connectivity index (χ2v) is 11.8. The van der Waals surface area contributed by atoms with Crippen molar-refractivity contribution in [3.8, 4) is 33.4 Å². The standard InChI is InChI=1S/C46H28O/c1-2-13-31-27-34(24-23-29(31)11-1)44-39-19-7-5-17-37(39)43(38-18-6-8-20-40(38)44)33-15-9-14-32(28-33)36-21-10-22-41-46(36)45-35-16-4-3-12-30(35)25-26-42(45)47-41/h1-28H/i5D,6D,7D,8D,17D,18D,19D,20D. The van der Waals surface area contributed by atoms with Crippen molar-refractivity contribution >= 4 is 65.0 Å². The van der Waals surface area contributed by atoms with Crippen LogP contribution in [0.25, 0.3) is 98.4 Å². The van der Waals surface area contributed by atoms with Gasteiger partial charge in [0.2, 0.25) is 0 Å². The predicted molar refractivity (Wildman–Crippen MR) is 200 cm³/mol. The van der Waals surface area contributed by atoms with Crippen molar-refractivity contribution in [2.45, 2.75) is 0 Å². The molecule has 10 rings (SSSR count). The molecule has 0 atom stereocenters. The predicted octanol–water partition coefficient (Wildman–Crippen LogP) is 13.2. The molecule has 0 bridgehead atoms. The van der Waals surface area contributed by atoms with Crippen LogP contribution in [0.3, 0.4) is 0 Å². The molecule has 218 valence electrons. The number of hydrogen-bond acceptors (Lipinski definition) is 1. The van der Waals surface area contributed by atoms with Crippen LogP contribution in [0.1, 0.15) is 11.0 Å². The third kappa shape index (κ3) is 3.97. The van der Waals surface area contributed by atoms with Crippen LogP contribution in [0, 0.1) is 0 Å². The van der Waals surface area contributed by atoms with Crippen LogP contribution in [0.5, 0.6) is 0 Å². The highest BCUT2D eigenvalue weighted by molar-refractivity contribution is 6.24. The molecule has 0 amide bonds. The maximum absolute atomic E-state index is 9.38. The SMILES string of the molecule is [2H]c1c([2H])c([2H])c2c(-c3ccc4ccccc4c3)c3c([2H])c([2H])c([2H])c([2H])c3c(-c3cccc(-c4cccc5oc6ccc7ccccc7c6c45)c3)c2c1[2H]. The van der Waals surface area contributed by atoms with Crippen molar-refractivity contribution in [2.24, 2.45) is 0 Å².